The number of hydrogen-bond donors (Lipinski definition) is 0. The summed E-state index contributed by atoms with van der Waals surface area (Å²) in [7, 11) is -0.714. The van der Waals surface area contributed by atoms with Crippen LogP contribution < -0.4 is 5.46 Å². The molecule has 206 valence electrons. The second-order valence-corrected chi connectivity index (χ2v) is 13.3. The maximum Gasteiger partial charge on any atom is 0.494 e. The zero-order chi connectivity index (χ0) is 28.0. The minimum atomic E-state index is -0.714. The topological polar surface area (TPSA) is 74.3 Å². The van der Waals surface area contributed by atoms with Gasteiger partial charge in [0.2, 0.25) is 0 Å². The van der Waals surface area contributed by atoms with E-state index in [9.17, 15) is 14.0 Å². The summed E-state index contributed by atoms with van der Waals surface area (Å²) in [4.78, 5) is 27.6. The molecule has 0 saturated carbocycles. The van der Waals surface area contributed by atoms with Crippen LogP contribution in [0.25, 0.3) is 0 Å². The Morgan fingerprint density at radius 2 is 1.59 bits per heavy atom. The molecule has 0 unspecified atom stereocenters. The van der Waals surface area contributed by atoms with E-state index in [-0.39, 0.29) is 18.3 Å². The minimum Gasteiger partial charge on any atom is -0.460 e. The zero-order valence-electron chi connectivity index (χ0n) is 24.1. The first-order chi connectivity index (χ1) is 16.8. The summed E-state index contributed by atoms with van der Waals surface area (Å²) < 4.78 is 38.3. The Labute approximate surface area is 221 Å². The van der Waals surface area contributed by atoms with Crippen molar-refractivity contribution in [1.82, 2.24) is 4.90 Å². The molecule has 0 radical (unpaired) electrons. The number of benzene rings is 1. The maximum absolute atomic E-state index is 14.8. The molecule has 0 bridgehead atoms. The SMILES string of the molecule is CC(C)(C)OC(=O)[C@@H](Cc1cc(F)cc(B2OC(C)(C)C(C)(C)O2)c1)[C@H]1CCN(C(=O)OC(C)(C)C)C1. The molecule has 0 N–H and O–H groups in total. The van der Waals surface area contributed by atoms with E-state index in [4.69, 9.17) is 18.8 Å². The number of carbonyl (C=O) groups is 2. The predicted octanol–water partition coefficient (Wildman–Crippen LogP) is 4.88. The highest BCUT2D eigenvalue weighted by Gasteiger charge is 2.52. The van der Waals surface area contributed by atoms with E-state index in [0.29, 0.717) is 30.5 Å². The lowest BCUT2D eigenvalue weighted by Crippen LogP contribution is -2.41. The van der Waals surface area contributed by atoms with Gasteiger partial charge in [-0.15, -0.1) is 0 Å². The smallest absolute Gasteiger partial charge is 0.460 e. The molecule has 1 amide bonds. The lowest BCUT2D eigenvalue weighted by molar-refractivity contribution is -0.162. The van der Waals surface area contributed by atoms with Crippen LogP contribution >= 0.6 is 0 Å². The van der Waals surface area contributed by atoms with Crippen LogP contribution in [-0.2, 0) is 30.0 Å². The van der Waals surface area contributed by atoms with Crippen molar-refractivity contribution in [3.63, 3.8) is 0 Å². The summed E-state index contributed by atoms with van der Waals surface area (Å²) in [6, 6.07) is 4.68. The van der Waals surface area contributed by atoms with Crippen LogP contribution in [0, 0.1) is 17.7 Å². The normalized spacial score (nSPS) is 22.2. The van der Waals surface area contributed by atoms with Crippen LogP contribution in [0.2, 0.25) is 0 Å². The van der Waals surface area contributed by atoms with E-state index in [0.717, 1.165) is 0 Å². The molecule has 0 aliphatic carbocycles. The molecule has 3 rings (SSSR count). The second kappa shape index (κ2) is 10.2. The predicted molar refractivity (Wildman–Crippen MR) is 141 cm³/mol. The Morgan fingerprint density at radius 3 is 2.14 bits per heavy atom. The molecular weight excluding hydrogens is 476 g/mol. The Kier molecular flexibility index (Phi) is 8.12. The summed E-state index contributed by atoms with van der Waals surface area (Å²) in [6.45, 7) is 19.6. The fraction of sp³-hybridized carbons (Fsp3) is 0.714. The van der Waals surface area contributed by atoms with Gasteiger partial charge in [0, 0.05) is 13.1 Å². The molecule has 7 nitrogen and oxygen atoms in total. The van der Waals surface area contributed by atoms with Crippen LogP contribution in [0.3, 0.4) is 0 Å². The Balaban J connectivity index is 1.84. The van der Waals surface area contributed by atoms with E-state index in [1.54, 1.807) is 4.90 Å². The van der Waals surface area contributed by atoms with E-state index >= 15 is 0 Å². The molecule has 2 saturated heterocycles. The van der Waals surface area contributed by atoms with Crippen LogP contribution in [0.15, 0.2) is 18.2 Å². The summed E-state index contributed by atoms with van der Waals surface area (Å²) in [5.74, 6) is -1.48. The molecule has 2 atom stereocenters. The van der Waals surface area contributed by atoms with Gasteiger partial charge in [0.1, 0.15) is 17.0 Å². The van der Waals surface area contributed by atoms with Crippen molar-refractivity contribution in [2.45, 2.75) is 104 Å². The fourth-order valence-corrected chi connectivity index (χ4v) is 4.59. The molecule has 2 fully saturated rings. The third-order valence-corrected chi connectivity index (χ3v) is 7.12. The van der Waals surface area contributed by atoms with E-state index in [2.05, 4.69) is 0 Å². The highest BCUT2D eigenvalue weighted by Crippen LogP contribution is 2.37. The summed E-state index contributed by atoms with van der Waals surface area (Å²) >= 11 is 0. The lowest BCUT2D eigenvalue weighted by Gasteiger charge is -2.32. The zero-order valence-corrected chi connectivity index (χ0v) is 24.1. The molecule has 1 aromatic carbocycles. The van der Waals surface area contributed by atoms with E-state index in [1.807, 2.05) is 75.3 Å². The molecule has 2 heterocycles. The standard InChI is InChI=1S/C28H43BFNO6/c1-25(2,3)34-23(32)22(19-11-12-31(17-19)24(33)35-26(4,5)6)15-18-13-20(16-21(30)14-18)29-36-27(7,8)28(9,10)37-29/h13-14,16,19,22H,11-12,15,17H2,1-10H3/t19-,22-/m0/s1. The molecule has 0 aromatic heterocycles. The Bertz CT molecular complexity index is 997. The molecule has 0 spiro atoms. The summed E-state index contributed by atoms with van der Waals surface area (Å²) in [5, 5.41) is 0. The van der Waals surface area contributed by atoms with Gasteiger partial charge >= 0.3 is 19.2 Å². The van der Waals surface area contributed by atoms with Gasteiger partial charge in [-0.3, -0.25) is 4.79 Å². The number of esters is 1. The Hall–Kier alpha value is -2.13. The fourth-order valence-electron chi connectivity index (χ4n) is 4.59. The van der Waals surface area contributed by atoms with E-state index < -0.39 is 47.4 Å². The summed E-state index contributed by atoms with van der Waals surface area (Å²) in [6.07, 6.45) is 0.501. The van der Waals surface area contributed by atoms with Gasteiger partial charge in [0.05, 0.1) is 17.1 Å². The number of halogens is 1. The highest BCUT2D eigenvalue weighted by atomic mass is 19.1. The van der Waals surface area contributed by atoms with Crippen LogP contribution in [0.1, 0.15) is 81.2 Å². The minimum absolute atomic E-state index is 0.147. The number of nitrogens with zero attached hydrogens (tertiary/aromatic N) is 1. The van der Waals surface area contributed by atoms with Gasteiger partial charge in [-0.2, -0.15) is 0 Å². The number of hydrogen-bond acceptors (Lipinski definition) is 6. The largest absolute Gasteiger partial charge is 0.494 e. The van der Waals surface area contributed by atoms with Crippen molar-refractivity contribution in [3.05, 3.63) is 29.6 Å². The van der Waals surface area contributed by atoms with Crippen molar-refractivity contribution in [1.29, 1.82) is 0 Å². The molecule has 2 aliphatic rings. The lowest BCUT2D eigenvalue weighted by atomic mass is 9.77. The van der Waals surface area contributed by atoms with Crippen molar-refractivity contribution in [2.75, 3.05) is 13.1 Å². The van der Waals surface area contributed by atoms with Crippen molar-refractivity contribution >= 4 is 24.6 Å². The monoisotopic (exact) mass is 519 g/mol. The average molecular weight is 519 g/mol. The summed E-state index contributed by atoms with van der Waals surface area (Å²) in [5.41, 5.74) is -1.18. The molecule has 2 aliphatic heterocycles. The van der Waals surface area contributed by atoms with Gasteiger partial charge in [-0.1, -0.05) is 6.07 Å². The Morgan fingerprint density at radius 1 is 1.03 bits per heavy atom. The average Bonchev–Trinajstić information content (AvgIpc) is 3.25. The van der Waals surface area contributed by atoms with Gasteiger partial charge < -0.3 is 23.7 Å². The molecule has 9 heteroatoms. The van der Waals surface area contributed by atoms with Crippen molar-refractivity contribution in [2.24, 2.45) is 11.8 Å². The number of ether oxygens (including phenoxy) is 2. The first kappa shape index (κ1) is 29.4. The molecule has 37 heavy (non-hydrogen) atoms. The first-order valence-electron chi connectivity index (χ1n) is 13.1. The van der Waals surface area contributed by atoms with Crippen molar-refractivity contribution in [3.8, 4) is 0 Å². The van der Waals surface area contributed by atoms with Crippen LogP contribution in [0.5, 0.6) is 0 Å². The third kappa shape index (κ3) is 7.47. The molecule has 1 aromatic rings. The first-order valence-corrected chi connectivity index (χ1v) is 13.1. The van der Waals surface area contributed by atoms with Crippen LogP contribution in [0.4, 0.5) is 9.18 Å². The number of likely N-dealkylation sites (tertiary alicyclic amines) is 1. The third-order valence-electron chi connectivity index (χ3n) is 7.12. The van der Waals surface area contributed by atoms with E-state index in [1.165, 1.54) is 12.1 Å². The maximum atomic E-state index is 14.8. The second-order valence-electron chi connectivity index (χ2n) is 13.3. The van der Waals surface area contributed by atoms with Gasteiger partial charge in [0.25, 0.3) is 0 Å². The van der Waals surface area contributed by atoms with Crippen molar-refractivity contribution < 1.29 is 32.8 Å². The van der Waals surface area contributed by atoms with Gasteiger partial charge in [-0.05, 0) is 111 Å². The van der Waals surface area contributed by atoms with Crippen LogP contribution in [-0.4, -0.2) is 59.6 Å². The highest BCUT2D eigenvalue weighted by molar-refractivity contribution is 6.62. The molecular formula is C28H43BFNO6. The number of amides is 1. The van der Waals surface area contributed by atoms with Gasteiger partial charge in [-0.25, -0.2) is 9.18 Å². The van der Waals surface area contributed by atoms with Gasteiger partial charge in [0.15, 0.2) is 0 Å². The quantitative estimate of drug-likeness (QED) is 0.408. The number of carbonyl (C=O) groups excluding carboxylic acids is 2. The number of rotatable bonds is 5.